The van der Waals surface area contributed by atoms with Crippen molar-refractivity contribution in [2.24, 2.45) is 34.5 Å². The van der Waals surface area contributed by atoms with E-state index in [-0.39, 0.29) is 29.5 Å². The fourth-order valence-electron chi connectivity index (χ4n) is 7.58. The van der Waals surface area contributed by atoms with Crippen LogP contribution in [0.5, 0.6) is 0 Å². The zero-order chi connectivity index (χ0) is 29.4. The Labute approximate surface area is 249 Å². The molecule has 2 N–H and O–H groups in total. The van der Waals surface area contributed by atoms with Crippen molar-refractivity contribution in [1.82, 2.24) is 0 Å². The lowest BCUT2D eigenvalue weighted by molar-refractivity contribution is -0.140. The lowest BCUT2D eigenvalue weighted by atomic mass is 9.52. The second-order valence-electron chi connectivity index (χ2n) is 12.4. The molecular formula is C39H38O3. The topological polar surface area (TPSA) is 57.5 Å². The Hall–Kier alpha value is -4.05. The summed E-state index contributed by atoms with van der Waals surface area (Å²) in [4.78, 5) is 15.2. The molecule has 0 fully saturated rings. The molecular weight excluding hydrogens is 516 g/mol. The van der Waals surface area contributed by atoms with Crippen LogP contribution in [0.4, 0.5) is 0 Å². The van der Waals surface area contributed by atoms with Crippen molar-refractivity contribution in [1.29, 1.82) is 0 Å². The molecule has 0 aliphatic heterocycles. The van der Waals surface area contributed by atoms with Crippen LogP contribution in [-0.2, 0) is 16.0 Å². The fourth-order valence-corrected chi connectivity index (χ4v) is 7.58. The molecule has 4 aliphatic carbocycles. The third-order valence-corrected chi connectivity index (χ3v) is 9.93. The smallest absolute Gasteiger partial charge is 0.153 e. The molecule has 2 aromatic carbocycles. The third kappa shape index (κ3) is 4.40. The molecule has 0 bridgehead atoms. The van der Waals surface area contributed by atoms with Gasteiger partial charge in [0.1, 0.15) is 11.2 Å². The summed E-state index contributed by atoms with van der Waals surface area (Å²) in [7, 11) is 0. The number of benzene rings is 2. The van der Waals surface area contributed by atoms with E-state index < -0.39 is 22.0 Å². The quantitative estimate of drug-likeness (QED) is 0.394. The molecule has 0 amide bonds. The van der Waals surface area contributed by atoms with Gasteiger partial charge in [-0.3, -0.25) is 4.79 Å². The molecule has 0 heterocycles. The van der Waals surface area contributed by atoms with Gasteiger partial charge in [-0.25, -0.2) is 0 Å². The van der Waals surface area contributed by atoms with Crippen LogP contribution in [0, 0.1) is 34.5 Å². The van der Waals surface area contributed by atoms with Crippen molar-refractivity contribution in [3.8, 4) is 0 Å². The molecule has 8 atom stereocenters. The maximum absolute atomic E-state index is 15.2. The SMILES string of the molecule is CC1(C(=O)C2(C)C=CC=CC2C2C=CC=CC2(O)c2ccccc2)C=CC=CC1C1C=CC=CC1(O)c1ccccc1. The molecule has 0 spiro atoms. The molecule has 0 saturated carbocycles. The average molecular weight is 555 g/mol. The Bertz CT molecular complexity index is 1450. The zero-order valence-corrected chi connectivity index (χ0v) is 24.1. The minimum atomic E-state index is -1.27. The van der Waals surface area contributed by atoms with Gasteiger partial charge in [0.15, 0.2) is 5.78 Å². The number of hydrogen-bond acceptors (Lipinski definition) is 3. The Balaban J connectivity index is 1.41. The Morgan fingerprint density at radius 1 is 0.500 bits per heavy atom. The van der Waals surface area contributed by atoms with Crippen LogP contribution in [0.15, 0.2) is 158 Å². The number of allylic oxidation sites excluding steroid dienone is 12. The Kier molecular flexibility index (Phi) is 7.12. The summed E-state index contributed by atoms with van der Waals surface area (Å²) in [6.07, 6.45) is 31.5. The summed E-state index contributed by atoms with van der Waals surface area (Å²) in [6, 6.07) is 19.4. The zero-order valence-electron chi connectivity index (χ0n) is 24.1. The Morgan fingerprint density at radius 3 is 1.21 bits per heavy atom. The van der Waals surface area contributed by atoms with E-state index in [9.17, 15) is 10.2 Å². The average Bonchev–Trinajstić information content (AvgIpc) is 3.03. The lowest BCUT2D eigenvalue weighted by Crippen LogP contribution is -2.54. The molecule has 8 unspecified atom stereocenters. The van der Waals surface area contributed by atoms with Crippen molar-refractivity contribution in [3.05, 3.63) is 169 Å². The minimum absolute atomic E-state index is 0.0583. The molecule has 0 aromatic heterocycles. The van der Waals surface area contributed by atoms with Crippen LogP contribution >= 0.6 is 0 Å². The number of aliphatic hydroxyl groups is 2. The van der Waals surface area contributed by atoms with Crippen molar-refractivity contribution >= 4 is 5.78 Å². The highest BCUT2D eigenvalue weighted by atomic mass is 16.3. The second kappa shape index (κ2) is 10.7. The summed E-state index contributed by atoms with van der Waals surface area (Å²) in [5.74, 6) is -1.31. The van der Waals surface area contributed by atoms with Gasteiger partial charge in [0, 0.05) is 23.7 Å². The molecule has 2 aromatic rings. The first kappa shape index (κ1) is 28.1. The van der Waals surface area contributed by atoms with E-state index in [1.807, 2.05) is 160 Å². The first-order chi connectivity index (χ1) is 20.2. The van der Waals surface area contributed by atoms with Gasteiger partial charge in [0.2, 0.25) is 0 Å². The van der Waals surface area contributed by atoms with Crippen LogP contribution in [0.1, 0.15) is 25.0 Å². The molecule has 0 radical (unpaired) electrons. The predicted molar refractivity (Wildman–Crippen MR) is 169 cm³/mol. The first-order valence-electron chi connectivity index (χ1n) is 14.8. The number of hydrogen-bond donors (Lipinski definition) is 2. The van der Waals surface area contributed by atoms with Gasteiger partial charge < -0.3 is 10.2 Å². The van der Waals surface area contributed by atoms with E-state index in [4.69, 9.17) is 0 Å². The highest BCUT2D eigenvalue weighted by Crippen LogP contribution is 2.55. The highest BCUT2D eigenvalue weighted by molar-refractivity contribution is 5.94. The molecule has 3 heteroatoms. The molecule has 6 rings (SSSR count). The first-order valence-corrected chi connectivity index (χ1v) is 14.8. The number of ketones is 1. The lowest BCUT2D eigenvalue weighted by Gasteiger charge is -2.50. The minimum Gasteiger partial charge on any atom is -0.380 e. The number of rotatable bonds is 6. The second-order valence-corrected chi connectivity index (χ2v) is 12.4. The predicted octanol–water partition coefficient (Wildman–Crippen LogP) is 7.31. The van der Waals surface area contributed by atoms with Crippen molar-refractivity contribution < 1.29 is 15.0 Å². The summed E-state index contributed by atoms with van der Waals surface area (Å²) in [5.41, 5.74) is -2.82. The van der Waals surface area contributed by atoms with Crippen molar-refractivity contribution in [2.45, 2.75) is 25.0 Å². The largest absolute Gasteiger partial charge is 0.380 e. The Morgan fingerprint density at radius 2 is 0.833 bits per heavy atom. The van der Waals surface area contributed by atoms with Gasteiger partial charge in [-0.2, -0.15) is 0 Å². The normalized spacial score (nSPS) is 38.2. The van der Waals surface area contributed by atoms with Gasteiger partial charge >= 0.3 is 0 Å². The molecule has 4 aliphatic rings. The van der Waals surface area contributed by atoms with Gasteiger partial charge in [0.25, 0.3) is 0 Å². The van der Waals surface area contributed by atoms with Gasteiger partial charge in [-0.15, -0.1) is 0 Å². The number of Topliss-reactive ketones (excluding diaryl/α,β-unsaturated/α-hetero) is 1. The number of carbonyl (C=O) groups is 1. The summed E-state index contributed by atoms with van der Waals surface area (Å²) >= 11 is 0. The van der Waals surface area contributed by atoms with Crippen molar-refractivity contribution in [3.63, 3.8) is 0 Å². The van der Waals surface area contributed by atoms with Gasteiger partial charge in [-0.05, 0) is 37.1 Å². The molecule has 3 nitrogen and oxygen atoms in total. The van der Waals surface area contributed by atoms with Crippen molar-refractivity contribution in [2.75, 3.05) is 0 Å². The van der Waals surface area contributed by atoms with E-state index in [1.54, 1.807) is 0 Å². The monoisotopic (exact) mass is 554 g/mol. The van der Waals surface area contributed by atoms with E-state index in [0.29, 0.717) is 0 Å². The highest BCUT2D eigenvalue weighted by Gasteiger charge is 2.57. The third-order valence-electron chi connectivity index (χ3n) is 9.93. The van der Waals surface area contributed by atoms with Crippen LogP contribution in [0.3, 0.4) is 0 Å². The molecule has 42 heavy (non-hydrogen) atoms. The summed E-state index contributed by atoms with van der Waals surface area (Å²) in [5, 5.41) is 24.4. The molecule has 0 saturated heterocycles. The van der Waals surface area contributed by atoms with E-state index in [1.165, 1.54) is 0 Å². The standard InChI is InChI=1S/C39H38O3/c1-36(25-13-9-21-31(36)33-23-11-15-27-38(33,41)29-17-5-3-6-18-29)35(40)37(2)26-14-10-22-32(37)34-24-12-16-28-39(34,42)30-19-7-4-8-20-30/h3-28,31-34,41-42H,1-2H3. The van der Waals surface area contributed by atoms with E-state index >= 15 is 4.79 Å². The number of carbonyl (C=O) groups excluding carboxylic acids is 1. The van der Waals surface area contributed by atoms with Crippen LogP contribution in [0.2, 0.25) is 0 Å². The van der Waals surface area contributed by atoms with Gasteiger partial charge in [0.05, 0.1) is 10.8 Å². The van der Waals surface area contributed by atoms with Crippen LogP contribution < -0.4 is 0 Å². The van der Waals surface area contributed by atoms with Crippen LogP contribution in [-0.4, -0.2) is 16.0 Å². The molecule has 212 valence electrons. The van der Waals surface area contributed by atoms with E-state index in [2.05, 4.69) is 12.2 Å². The maximum atomic E-state index is 15.2. The van der Waals surface area contributed by atoms with Gasteiger partial charge in [-0.1, -0.05) is 146 Å². The summed E-state index contributed by atoms with van der Waals surface area (Å²) < 4.78 is 0. The maximum Gasteiger partial charge on any atom is 0.153 e. The van der Waals surface area contributed by atoms with E-state index in [0.717, 1.165) is 11.1 Å². The fraction of sp³-hybridized carbons (Fsp3) is 0.256. The van der Waals surface area contributed by atoms with Crippen LogP contribution in [0.25, 0.3) is 0 Å². The summed E-state index contributed by atoms with van der Waals surface area (Å²) in [6.45, 7) is 4.01.